The van der Waals surface area contributed by atoms with Crippen LogP contribution in [0.5, 0.6) is 5.75 Å². The number of amides is 1. The standard InChI is InChI=1S/C25H31N3O4/c1-5-27(6-2)15-16-28-22(18-11-13-26-14-12-18)21(24(30)25(28)31)23(29)19-7-9-20(10-8-19)32-17(3)4/h7-14,17,22,29H,5-6,15-16H2,1-4H3/b23-21-/t22-/m0/s1. The van der Waals surface area contributed by atoms with Crippen molar-refractivity contribution in [3.63, 3.8) is 0 Å². The molecule has 1 fully saturated rings. The topological polar surface area (TPSA) is 83.0 Å². The molecule has 0 spiro atoms. The molecule has 1 aromatic heterocycles. The van der Waals surface area contributed by atoms with E-state index in [2.05, 4.69) is 23.7 Å². The van der Waals surface area contributed by atoms with Crippen LogP contribution in [0.2, 0.25) is 0 Å². The average Bonchev–Trinajstić information content (AvgIpc) is 3.05. The zero-order valence-electron chi connectivity index (χ0n) is 19.1. The van der Waals surface area contributed by atoms with Gasteiger partial charge in [-0.05, 0) is 68.9 Å². The first-order valence-corrected chi connectivity index (χ1v) is 11.0. The highest BCUT2D eigenvalue weighted by atomic mass is 16.5. The van der Waals surface area contributed by atoms with Crippen molar-refractivity contribution < 1.29 is 19.4 Å². The van der Waals surface area contributed by atoms with E-state index in [9.17, 15) is 14.7 Å². The lowest BCUT2D eigenvalue weighted by Crippen LogP contribution is -2.38. The number of Topliss-reactive ketones (excluding diaryl/α,β-unsaturated/α-hetero) is 1. The summed E-state index contributed by atoms with van der Waals surface area (Å²) in [6, 6.07) is 9.75. The normalized spacial score (nSPS) is 18.1. The van der Waals surface area contributed by atoms with E-state index in [1.54, 1.807) is 53.7 Å². The van der Waals surface area contributed by atoms with Crippen molar-refractivity contribution in [1.82, 2.24) is 14.8 Å². The lowest BCUT2D eigenvalue weighted by molar-refractivity contribution is -0.140. The number of likely N-dealkylation sites (N-methyl/N-ethyl adjacent to an activating group) is 1. The van der Waals surface area contributed by atoms with E-state index in [-0.39, 0.29) is 17.4 Å². The van der Waals surface area contributed by atoms with Gasteiger partial charge in [0.2, 0.25) is 0 Å². The Hall–Kier alpha value is -3.19. The second-order valence-electron chi connectivity index (χ2n) is 7.99. The molecular formula is C25H31N3O4. The number of carbonyl (C=O) groups excluding carboxylic acids is 2. The summed E-state index contributed by atoms with van der Waals surface area (Å²) in [6.45, 7) is 10.7. The van der Waals surface area contributed by atoms with E-state index in [0.717, 1.165) is 18.7 Å². The first-order chi connectivity index (χ1) is 15.4. The average molecular weight is 438 g/mol. The van der Waals surface area contributed by atoms with Crippen LogP contribution in [-0.4, -0.2) is 63.9 Å². The number of nitrogens with zero attached hydrogens (tertiary/aromatic N) is 3. The number of likely N-dealkylation sites (tertiary alicyclic amines) is 1. The number of benzene rings is 1. The Balaban J connectivity index is 2.02. The van der Waals surface area contributed by atoms with Crippen LogP contribution < -0.4 is 4.74 Å². The van der Waals surface area contributed by atoms with Crippen molar-refractivity contribution in [3.05, 3.63) is 65.5 Å². The fraction of sp³-hybridized carbons (Fsp3) is 0.400. The number of pyridine rings is 1. The summed E-state index contributed by atoms with van der Waals surface area (Å²) in [6.07, 6.45) is 3.27. The SMILES string of the molecule is CCN(CC)CCN1C(=O)C(=O)/C(=C(\O)c2ccc(OC(C)C)cc2)[C@@H]1c1ccncc1. The van der Waals surface area contributed by atoms with Crippen LogP contribution in [0, 0.1) is 0 Å². The fourth-order valence-corrected chi connectivity index (χ4v) is 3.91. The van der Waals surface area contributed by atoms with Crippen molar-refractivity contribution in [3.8, 4) is 5.75 Å². The molecule has 1 aliphatic rings. The molecule has 1 aromatic carbocycles. The van der Waals surface area contributed by atoms with Crippen molar-refractivity contribution >= 4 is 17.4 Å². The van der Waals surface area contributed by atoms with Gasteiger partial charge in [0.05, 0.1) is 17.7 Å². The smallest absolute Gasteiger partial charge is 0.295 e. The van der Waals surface area contributed by atoms with E-state index < -0.39 is 17.7 Å². The Morgan fingerprint density at radius 3 is 2.28 bits per heavy atom. The number of ether oxygens (including phenoxy) is 1. The first-order valence-electron chi connectivity index (χ1n) is 11.0. The van der Waals surface area contributed by atoms with Crippen molar-refractivity contribution in [1.29, 1.82) is 0 Å². The van der Waals surface area contributed by atoms with Crippen molar-refractivity contribution in [2.24, 2.45) is 0 Å². The third-order valence-corrected chi connectivity index (χ3v) is 5.61. The van der Waals surface area contributed by atoms with Gasteiger partial charge < -0.3 is 19.6 Å². The Labute approximate surface area is 189 Å². The number of carbonyl (C=O) groups is 2. The van der Waals surface area contributed by atoms with Gasteiger partial charge in [-0.2, -0.15) is 0 Å². The molecule has 0 saturated carbocycles. The predicted molar refractivity (Wildman–Crippen MR) is 123 cm³/mol. The highest BCUT2D eigenvalue weighted by Crippen LogP contribution is 2.39. The van der Waals surface area contributed by atoms with Gasteiger partial charge in [0.15, 0.2) is 0 Å². The van der Waals surface area contributed by atoms with Crippen LogP contribution in [0.15, 0.2) is 54.4 Å². The molecule has 1 saturated heterocycles. The minimum Gasteiger partial charge on any atom is -0.507 e. The molecule has 2 heterocycles. The molecule has 170 valence electrons. The van der Waals surface area contributed by atoms with Gasteiger partial charge in [-0.3, -0.25) is 14.6 Å². The van der Waals surface area contributed by atoms with E-state index >= 15 is 0 Å². The molecule has 0 radical (unpaired) electrons. The molecule has 0 unspecified atom stereocenters. The number of ketones is 1. The van der Waals surface area contributed by atoms with Crippen molar-refractivity contribution in [2.45, 2.75) is 39.8 Å². The minimum atomic E-state index is -0.675. The van der Waals surface area contributed by atoms with E-state index in [1.165, 1.54) is 0 Å². The molecule has 0 aliphatic carbocycles. The minimum absolute atomic E-state index is 0.0252. The zero-order valence-corrected chi connectivity index (χ0v) is 19.1. The number of aliphatic hydroxyl groups is 1. The second-order valence-corrected chi connectivity index (χ2v) is 7.99. The van der Waals surface area contributed by atoms with Crippen LogP contribution in [0.4, 0.5) is 0 Å². The number of aromatic nitrogens is 1. The van der Waals surface area contributed by atoms with Gasteiger partial charge in [-0.25, -0.2) is 0 Å². The molecule has 1 N–H and O–H groups in total. The molecule has 1 amide bonds. The second kappa shape index (κ2) is 10.4. The molecule has 1 atom stereocenters. The monoisotopic (exact) mass is 437 g/mol. The molecule has 2 aromatic rings. The summed E-state index contributed by atoms with van der Waals surface area (Å²) in [4.78, 5) is 33.8. The predicted octanol–water partition coefficient (Wildman–Crippen LogP) is 3.63. The number of hydrogen-bond donors (Lipinski definition) is 1. The molecule has 0 bridgehead atoms. The summed E-state index contributed by atoms with van der Waals surface area (Å²) in [7, 11) is 0. The highest BCUT2D eigenvalue weighted by molar-refractivity contribution is 6.46. The summed E-state index contributed by atoms with van der Waals surface area (Å²) < 4.78 is 5.66. The Morgan fingerprint density at radius 1 is 1.09 bits per heavy atom. The quantitative estimate of drug-likeness (QED) is 0.366. The van der Waals surface area contributed by atoms with E-state index in [4.69, 9.17) is 4.74 Å². The van der Waals surface area contributed by atoms with Gasteiger partial charge >= 0.3 is 0 Å². The lowest BCUT2D eigenvalue weighted by Gasteiger charge is -2.28. The zero-order chi connectivity index (χ0) is 23.3. The number of aliphatic hydroxyl groups excluding tert-OH is 1. The third-order valence-electron chi connectivity index (χ3n) is 5.61. The first kappa shape index (κ1) is 23.5. The number of hydrogen-bond acceptors (Lipinski definition) is 6. The molecule has 32 heavy (non-hydrogen) atoms. The van der Waals surface area contributed by atoms with Gasteiger partial charge in [0.1, 0.15) is 11.5 Å². The Bertz CT molecular complexity index is 966. The maximum Gasteiger partial charge on any atom is 0.295 e. The molecule has 7 heteroatoms. The van der Waals surface area contributed by atoms with Gasteiger partial charge in [0.25, 0.3) is 11.7 Å². The van der Waals surface area contributed by atoms with E-state index in [0.29, 0.717) is 24.4 Å². The molecule has 3 rings (SSSR count). The van der Waals surface area contributed by atoms with Gasteiger partial charge in [-0.15, -0.1) is 0 Å². The fourth-order valence-electron chi connectivity index (χ4n) is 3.91. The van der Waals surface area contributed by atoms with Crippen LogP contribution in [-0.2, 0) is 9.59 Å². The van der Waals surface area contributed by atoms with Gasteiger partial charge in [0, 0.05) is 31.0 Å². The Morgan fingerprint density at radius 2 is 1.72 bits per heavy atom. The van der Waals surface area contributed by atoms with E-state index in [1.807, 2.05) is 13.8 Å². The van der Waals surface area contributed by atoms with Crippen LogP contribution >= 0.6 is 0 Å². The highest BCUT2D eigenvalue weighted by Gasteiger charge is 2.45. The van der Waals surface area contributed by atoms with Crippen LogP contribution in [0.3, 0.4) is 0 Å². The molecular weight excluding hydrogens is 406 g/mol. The summed E-state index contributed by atoms with van der Waals surface area (Å²) >= 11 is 0. The van der Waals surface area contributed by atoms with Crippen LogP contribution in [0.1, 0.15) is 44.9 Å². The molecule has 7 nitrogen and oxygen atoms in total. The Kier molecular flexibility index (Phi) is 7.64. The maximum absolute atomic E-state index is 13.0. The summed E-state index contributed by atoms with van der Waals surface area (Å²) in [5.74, 6) is -0.792. The summed E-state index contributed by atoms with van der Waals surface area (Å²) in [5, 5.41) is 11.1. The number of rotatable bonds is 9. The van der Waals surface area contributed by atoms with Crippen LogP contribution in [0.25, 0.3) is 5.76 Å². The van der Waals surface area contributed by atoms with Gasteiger partial charge in [-0.1, -0.05) is 13.8 Å². The molecule has 1 aliphatic heterocycles. The summed E-state index contributed by atoms with van der Waals surface area (Å²) in [5.41, 5.74) is 1.29. The third kappa shape index (κ3) is 4.99. The maximum atomic E-state index is 13.0. The lowest BCUT2D eigenvalue weighted by atomic mass is 9.96. The largest absolute Gasteiger partial charge is 0.507 e. The van der Waals surface area contributed by atoms with Crippen molar-refractivity contribution in [2.75, 3.05) is 26.2 Å².